The molecule has 4 N–H and O–H groups in total. The molecule has 2 unspecified atom stereocenters. The Morgan fingerprint density at radius 1 is 0.905 bits per heavy atom. The Labute approximate surface area is 432 Å². The van der Waals surface area contributed by atoms with Crippen LogP contribution in [-0.4, -0.2) is 111 Å². The summed E-state index contributed by atoms with van der Waals surface area (Å²) in [6.45, 7) is 23.2. The molecule has 6 rings (SSSR count). The van der Waals surface area contributed by atoms with Crippen molar-refractivity contribution < 1.29 is 59.2 Å². The minimum absolute atomic E-state index is 0.0884. The minimum atomic E-state index is -4.38. The second kappa shape index (κ2) is 21.6. The second-order valence-electron chi connectivity index (χ2n) is 22.1. The first-order chi connectivity index (χ1) is 34.1. The van der Waals surface area contributed by atoms with Gasteiger partial charge in [-0.05, 0) is 75.6 Å². The highest BCUT2D eigenvalue weighted by Gasteiger charge is 2.67. The van der Waals surface area contributed by atoms with E-state index in [0.717, 1.165) is 26.2 Å². The third kappa shape index (κ3) is 12.1. The molecule has 0 bridgehead atoms. The number of aliphatic hydroxyl groups excluding tert-OH is 1. The first-order valence-corrected chi connectivity index (χ1v) is 33.2. The molecule has 0 amide bonds. The number of hydrogen-bond donors (Lipinski definition) is 3. The number of carbonyl (C=O) groups excluding carboxylic acids is 1. The molecule has 3 aromatic rings. The molecule has 5 heterocycles. The van der Waals surface area contributed by atoms with Gasteiger partial charge in [-0.3, -0.25) is 37.2 Å². The zero-order valence-electron chi connectivity index (χ0n) is 44.6. The van der Waals surface area contributed by atoms with E-state index in [1.54, 1.807) is 18.2 Å². The summed E-state index contributed by atoms with van der Waals surface area (Å²) in [7, 11) is -13.0. The van der Waals surface area contributed by atoms with Crippen LogP contribution in [0.1, 0.15) is 84.9 Å². The van der Waals surface area contributed by atoms with Gasteiger partial charge < -0.3 is 38.4 Å². The van der Waals surface area contributed by atoms with Gasteiger partial charge in [0.05, 0.1) is 37.5 Å². The van der Waals surface area contributed by atoms with Crippen LogP contribution in [0.5, 0.6) is 5.75 Å². The molecule has 9 atom stereocenters. The van der Waals surface area contributed by atoms with Crippen molar-refractivity contribution in [3.8, 4) is 5.75 Å². The van der Waals surface area contributed by atoms with Crippen molar-refractivity contribution in [2.75, 3.05) is 20.3 Å². The fourth-order valence-electron chi connectivity index (χ4n) is 8.28. The quantitative estimate of drug-likeness (QED) is 0.0654. The van der Waals surface area contributed by atoms with Crippen LogP contribution in [-0.2, 0) is 64.3 Å². The normalized spacial score (nSPS) is 25.5. The second-order valence-corrected chi connectivity index (χ2v) is 34.8. The maximum absolute atomic E-state index is 14.8. The van der Waals surface area contributed by atoms with Crippen molar-refractivity contribution in [1.82, 2.24) is 23.4 Å². The summed E-state index contributed by atoms with van der Waals surface area (Å²) in [5.74, 6) is -0.590. The number of para-hydroxylation sites is 1. The third-order valence-corrected chi connectivity index (χ3v) is 26.3. The van der Waals surface area contributed by atoms with Gasteiger partial charge in [0, 0.05) is 43.0 Å². The van der Waals surface area contributed by atoms with E-state index < -0.39 is 123 Å². The number of rotatable bonds is 19. The number of esters is 1. The lowest BCUT2D eigenvalue weighted by Crippen LogP contribution is -2.59. The van der Waals surface area contributed by atoms with E-state index in [2.05, 4.69) is 5.09 Å². The highest BCUT2D eigenvalue weighted by Crippen LogP contribution is 2.52. The number of carbonyl (C=O) groups is 1. The van der Waals surface area contributed by atoms with E-state index in [0.29, 0.717) is 0 Å². The highest BCUT2D eigenvalue weighted by atomic mass is 32.2. The molecule has 2 aromatic heterocycles. The number of aryl methyl sites for hydroxylation is 2. The van der Waals surface area contributed by atoms with Crippen LogP contribution in [0.25, 0.3) is 0 Å². The fourth-order valence-corrected chi connectivity index (χ4v) is 13.3. The Bertz CT molecular complexity index is 3020. The number of nitrogens with two attached hydrogens (primary N) is 1. The number of hydrogen-bond acceptors (Lipinski definition) is 18. The van der Waals surface area contributed by atoms with E-state index in [-0.39, 0.29) is 60.1 Å². The van der Waals surface area contributed by atoms with Crippen LogP contribution >= 0.6 is 7.75 Å². The Morgan fingerprint density at radius 2 is 1.46 bits per heavy atom. The van der Waals surface area contributed by atoms with Crippen LogP contribution < -0.4 is 37.8 Å². The highest BCUT2D eigenvalue weighted by molar-refractivity contribution is 7.90. The SMILES string of the molecule is COC(=O)C(C)NP(=O)(OC[C@@H]1O[C@H](n2cc(C)c(=O)n(CCCn3c(=O)c(C)cn([C@@H]4O[C@H](CO[Si](C)(C)C(C)(C)C)[C@@]5(OS(=O)(=O)C=C5N)[C@H]4O[Si](C)(C)C(C)(C)C)c3=O)c2=O)C[C@H]1O)Oc1ccccc1. The van der Waals surface area contributed by atoms with Gasteiger partial charge in [-0.15, -0.1) is 0 Å². The van der Waals surface area contributed by atoms with Crippen molar-refractivity contribution >= 4 is 40.5 Å². The van der Waals surface area contributed by atoms with Crippen LogP contribution in [0, 0.1) is 13.8 Å². The molecule has 0 radical (unpaired) electrons. The van der Waals surface area contributed by atoms with Gasteiger partial charge in [0.15, 0.2) is 28.5 Å². The van der Waals surface area contributed by atoms with Crippen molar-refractivity contribution in [3.63, 3.8) is 0 Å². The van der Waals surface area contributed by atoms with E-state index >= 15 is 0 Å². The molecule has 1 spiro atoms. The Morgan fingerprint density at radius 3 is 1.99 bits per heavy atom. The Balaban J connectivity index is 1.28. The molecule has 27 heteroatoms. The smallest absolute Gasteiger partial charge is 0.459 e. The molecule has 0 saturated carbocycles. The van der Waals surface area contributed by atoms with Crippen LogP contribution in [0.2, 0.25) is 36.3 Å². The summed E-state index contributed by atoms with van der Waals surface area (Å²) in [5, 5.41) is 13.8. The summed E-state index contributed by atoms with van der Waals surface area (Å²) in [5.41, 5.74) is 1.74. The standard InChI is InChI=1S/C47H73N6O17PSSi2/c1-29-24-52(37-23-33(54)34(66-37)26-64-71(60,49-31(3)42(57)63-10)68-32-19-16-15-17-20-32)43(58)50(39(29)55)21-18-22-51-40(56)30(2)25-53(44(51)59)41-38(69-74(13,14)46(7,8)9)47(35(48)28-72(61,62)70-47)36(67-41)27-65-73(11,12)45(4,5)6/h15-17,19-20,24-25,28,31,33-34,36-38,41,54H,18,21-23,26-27,48H2,1-14H3,(H,49,60)/t31?,33-,34+,36-,37+,38+,41-,47-,71?/m1/s1. The van der Waals surface area contributed by atoms with Crippen molar-refractivity contribution in [3.05, 3.63) is 107 Å². The van der Waals surface area contributed by atoms with E-state index in [1.165, 1.54) is 49.9 Å². The molecule has 2 fully saturated rings. The number of ether oxygens (including phenoxy) is 3. The number of methoxy groups -OCH3 is 1. The maximum Gasteiger partial charge on any atom is 0.459 e. The average Bonchev–Trinajstić information content (AvgIpc) is 3.90. The van der Waals surface area contributed by atoms with Gasteiger partial charge in [-0.2, -0.15) is 13.5 Å². The van der Waals surface area contributed by atoms with Crippen molar-refractivity contribution in [2.24, 2.45) is 5.73 Å². The summed E-state index contributed by atoms with van der Waals surface area (Å²) in [4.78, 5) is 68.6. The predicted octanol–water partition coefficient (Wildman–Crippen LogP) is 4.25. The van der Waals surface area contributed by atoms with Gasteiger partial charge in [-0.25, -0.2) is 18.3 Å². The number of nitrogens with one attached hydrogen (secondary N) is 1. The average molecular weight is 1110 g/mol. The molecule has 0 aliphatic carbocycles. The van der Waals surface area contributed by atoms with Gasteiger partial charge in [0.25, 0.3) is 21.2 Å². The minimum Gasteiger partial charge on any atom is -0.468 e. The monoisotopic (exact) mass is 1110 g/mol. The van der Waals surface area contributed by atoms with E-state index in [4.69, 9.17) is 42.0 Å². The number of nitrogens with zero attached hydrogens (tertiary/aromatic N) is 4. The van der Waals surface area contributed by atoms with E-state index in [1.807, 2.05) is 67.7 Å². The molecule has 3 aliphatic heterocycles. The molecule has 74 heavy (non-hydrogen) atoms. The molecule has 3 aliphatic rings. The van der Waals surface area contributed by atoms with E-state index in [9.17, 15) is 42.1 Å². The summed E-state index contributed by atoms with van der Waals surface area (Å²) < 4.78 is 93.2. The van der Waals surface area contributed by atoms with Gasteiger partial charge in [-0.1, -0.05) is 59.7 Å². The lowest BCUT2D eigenvalue weighted by Gasteiger charge is -2.43. The van der Waals surface area contributed by atoms with Crippen LogP contribution in [0.3, 0.4) is 0 Å². The Kier molecular flexibility index (Phi) is 17.2. The maximum atomic E-state index is 14.8. The molecular weight excluding hydrogens is 1040 g/mol. The molecule has 412 valence electrons. The van der Waals surface area contributed by atoms with Crippen LogP contribution in [0.4, 0.5) is 0 Å². The molecule has 2 saturated heterocycles. The number of aromatic nitrogens is 4. The lowest BCUT2D eigenvalue weighted by atomic mass is 9.89. The zero-order chi connectivity index (χ0) is 55.3. The first-order valence-electron chi connectivity index (χ1n) is 24.3. The number of benzene rings is 1. The van der Waals surface area contributed by atoms with Crippen LogP contribution in [0.15, 0.2) is 73.0 Å². The van der Waals surface area contributed by atoms with Crippen molar-refractivity contribution in [2.45, 2.75) is 173 Å². The predicted molar refractivity (Wildman–Crippen MR) is 278 cm³/mol. The molecule has 23 nitrogen and oxygen atoms in total. The number of aliphatic hydroxyl groups is 1. The molecule has 1 aromatic carbocycles. The fraction of sp³-hybridized carbons (Fsp3) is 0.638. The van der Waals surface area contributed by atoms with Gasteiger partial charge in [0.1, 0.15) is 36.3 Å². The lowest BCUT2D eigenvalue weighted by molar-refractivity contribution is -0.142. The van der Waals surface area contributed by atoms with Crippen molar-refractivity contribution in [1.29, 1.82) is 0 Å². The topological polar surface area (TPSA) is 288 Å². The third-order valence-electron chi connectivity index (χ3n) is 14.6. The Hall–Kier alpha value is -4.32. The summed E-state index contributed by atoms with van der Waals surface area (Å²) in [6, 6.07) is 6.91. The summed E-state index contributed by atoms with van der Waals surface area (Å²) in [6.07, 6.45) is -5.14. The first kappa shape index (κ1) is 58.9. The summed E-state index contributed by atoms with van der Waals surface area (Å²) >= 11 is 0. The van der Waals surface area contributed by atoms with Gasteiger partial charge >= 0.3 is 25.1 Å². The molecular formula is C47H73N6O17PSSi2. The van der Waals surface area contributed by atoms with Gasteiger partial charge in [0.2, 0.25) is 0 Å². The largest absolute Gasteiger partial charge is 0.468 e. The zero-order valence-corrected chi connectivity index (χ0v) is 48.3.